The molecule has 0 spiro atoms. The monoisotopic (exact) mass is 428 g/mol. The maximum Gasteiger partial charge on any atom is 0.258 e. The van der Waals surface area contributed by atoms with Crippen molar-refractivity contribution >= 4 is 33.7 Å². The molecule has 31 heavy (non-hydrogen) atoms. The lowest BCUT2D eigenvalue weighted by Crippen LogP contribution is -2.13. The van der Waals surface area contributed by atoms with E-state index in [1.165, 1.54) is 0 Å². The van der Waals surface area contributed by atoms with Crippen LogP contribution in [0.25, 0.3) is 27.6 Å². The molecule has 0 fully saturated rings. The quantitative estimate of drug-likeness (QED) is 0.393. The van der Waals surface area contributed by atoms with Crippen LogP contribution < -0.4 is 10.3 Å². The zero-order valence-electron chi connectivity index (χ0n) is 17.1. The fourth-order valence-electron chi connectivity index (χ4n) is 3.57. The zero-order valence-corrected chi connectivity index (χ0v) is 17.9. The first-order chi connectivity index (χ1) is 15.1. The number of aromatic nitrogens is 4. The van der Waals surface area contributed by atoms with Gasteiger partial charge in [0.15, 0.2) is 5.16 Å². The fourth-order valence-corrected chi connectivity index (χ4v) is 4.57. The minimum Gasteiger partial charge on any atom is -0.497 e. The number of thioether (sulfide) groups is 1. The normalized spacial score (nSPS) is 12.3. The Bertz CT molecular complexity index is 1440. The number of fused-ring (bicyclic) bond motifs is 2. The lowest BCUT2D eigenvalue weighted by molar-refractivity contribution is 0.414. The van der Waals surface area contributed by atoms with Crippen molar-refractivity contribution in [1.29, 1.82) is 0 Å². The highest BCUT2D eigenvalue weighted by atomic mass is 32.2. The lowest BCUT2D eigenvalue weighted by atomic mass is 10.2. The van der Waals surface area contributed by atoms with Gasteiger partial charge in [-0.2, -0.15) is 0 Å². The van der Waals surface area contributed by atoms with E-state index in [4.69, 9.17) is 9.72 Å². The van der Waals surface area contributed by atoms with Crippen LogP contribution in [-0.2, 0) is 0 Å². The number of aromatic amines is 1. The Hall–Kier alpha value is -3.58. The Balaban J connectivity index is 1.58. The van der Waals surface area contributed by atoms with Crippen molar-refractivity contribution in [3.05, 3.63) is 89.0 Å². The van der Waals surface area contributed by atoms with Crippen molar-refractivity contribution in [1.82, 2.24) is 19.5 Å². The summed E-state index contributed by atoms with van der Waals surface area (Å²) in [7, 11) is 1.65. The maximum absolute atomic E-state index is 12.5. The number of H-pyrrole nitrogens is 1. The number of nitrogens with zero attached hydrogens (tertiary/aromatic N) is 3. The second-order valence-electron chi connectivity index (χ2n) is 7.14. The van der Waals surface area contributed by atoms with Gasteiger partial charge >= 0.3 is 0 Å². The Morgan fingerprint density at radius 3 is 2.42 bits per heavy atom. The van der Waals surface area contributed by atoms with Crippen molar-refractivity contribution in [2.24, 2.45) is 0 Å². The largest absolute Gasteiger partial charge is 0.497 e. The number of rotatable bonds is 5. The molecule has 7 heteroatoms. The van der Waals surface area contributed by atoms with E-state index in [0.717, 1.165) is 27.6 Å². The molecule has 0 amide bonds. The Morgan fingerprint density at radius 2 is 1.65 bits per heavy atom. The molecule has 0 aliphatic heterocycles. The molecular weight excluding hydrogens is 408 g/mol. The molecule has 2 aromatic heterocycles. The molecule has 5 aromatic rings. The summed E-state index contributed by atoms with van der Waals surface area (Å²) in [5.41, 5.74) is 3.48. The minimum absolute atomic E-state index is 0.105. The van der Waals surface area contributed by atoms with E-state index in [1.54, 1.807) is 24.9 Å². The molecule has 3 aromatic carbocycles. The van der Waals surface area contributed by atoms with Crippen molar-refractivity contribution in [2.45, 2.75) is 17.3 Å². The van der Waals surface area contributed by atoms with Crippen molar-refractivity contribution in [3.63, 3.8) is 0 Å². The van der Waals surface area contributed by atoms with Gasteiger partial charge in [0, 0.05) is 5.69 Å². The Labute approximate surface area is 182 Å². The van der Waals surface area contributed by atoms with Crippen LogP contribution in [0.15, 0.2) is 82.7 Å². The van der Waals surface area contributed by atoms with Gasteiger partial charge in [0.2, 0.25) is 0 Å². The standard InChI is InChI=1S/C24H20N4O2S/c1-15(22-25-19-8-4-3-7-18(19)23(29)27-22)31-24-26-20-9-5-6-10-21(20)28(24)16-11-13-17(30-2)14-12-16/h3-15H,1-2H3,(H,25,27,29). The smallest absolute Gasteiger partial charge is 0.258 e. The van der Waals surface area contributed by atoms with E-state index in [2.05, 4.69) is 20.6 Å². The number of methoxy groups -OCH3 is 1. The SMILES string of the molecule is COc1ccc(-n2c(SC(C)c3nc4ccccc4c(=O)[nH]3)nc3ccccc32)cc1. The van der Waals surface area contributed by atoms with E-state index in [0.29, 0.717) is 16.7 Å². The molecule has 0 aliphatic carbocycles. The highest BCUT2D eigenvalue weighted by Crippen LogP contribution is 2.36. The van der Waals surface area contributed by atoms with Gasteiger partial charge in [-0.15, -0.1) is 0 Å². The van der Waals surface area contributed by atoms with Crippen molar-refractivity contribution in [2.75, 3.05) is 7.11 Å². The van der Waals surface area contributed by atoms with E-state index in [-0.39, 0.29) is 10.8 Å². The van der Waals surface area contributed by atoms with Gasteiger partial charge in [0.05, 0.1) is 34.3 Å². The van der Waals surface area contributed by atoms with Crippen LogP contribution in [0.5, 0.6) is 5.75 Å². The molecule has 0 radical (unpaired) electrons. The molecule has 5 rings (SSSR count). The van der Waals surface area contributed by atoms with Crippen LogP contribution >= 0.6 is 11.8 Å². The molecule has 0 saturated carbocycles. The molecule has 1 unspecified atom stereocenters. The first kappa shape index (κ1) is 19.4. The van der Waals surface area contributed by atoms with Crippen LogP contribution in [0.4, 0.5) is 0 Å². The summed E-state index contributed by atoms with van der Waals surface area (Å²) in [5.74, 6) is 1.43. The summed E-state index contributed by atoms with van der Waals surface area (Å²) < 4.78 is 7.42. The van der Waals surface area contributed by atoms with Gasteiger partial charge in [0.1, 0.15) is 11.6 Å². The van der Waals surface area contributed by atoms with Crippen molar-refractivity contribution < 1.29 is 4.74 Å². The van der Waals surface area contributed by atoms with Gasteiger partial charge in [-0.05, 0) is 55.5 Å². The number of hydrogen-bond acceptors (Lipinski definition) is 5. The van der Waals surface area contributed by atoms with Crippen LogP contribution in [0.2, 0.25) is 0 Å². The molecule has 6 nitrogen and oxygen atoms in total. The van der Waals surface area contributed by atoms with Crippen LogP contribution in [0, 0.1) is 0 Å². The predicted molar refractivity (Wildman–Crippen MR) is 124 cm³/mol. The predicted octanol–water partition coefficient (Wildman–Crippen LogP) is 5.12. The summed E-state index contributed by atoms with van der Waals surface area (Å²) in [4.78, 5) is 25.0. The molecule has 1 atom stereocenters. The first-order valence-electron chi connectivity index (χ1n) is 9.91. The van der Waals surface area contributed by atoms with Gasteiger partial charge in [-0.1, -0.05) is 36.0 Å². The molecule has 154 valence electrons. The van der Waals surface area contributed by atoms with Gasteiger partial charge in [-0.25, -0.2) is 9.97 Å². The van der Waals surface area contributed by atoms with E-state index >= 15 is 0 Å². The lowest BCUT2D eigenvalue weighted by Gasteiger charge is -2.13. The van der Waals surface area contributed by atoms with E-state index in [9.17, 15) is 4.79 Å². The molecule has 1 N–H and O–H groups in total. The van der Waals surface area contributed by atoms with Crippen LogP contribution in [0.1, 0.15) is 18.0 Å². The van der Waals surface area contributed by atoms with Gasteiger partial charge in [-0.3, -0.25) is 9.36 Å². The van der Waals surface area contributed by atoms with E-state index < -0.39 is 0 Å². The number of para-hydroxylation sites is 3. The molecule has 0 saturated heterocycles. The summed E-state index contributed by atoms with van der Waals surface area (Å²) in [5, 5.41) is 1.31. The Morgan fingerprint density at radius 1 is 0.935 bits per heavy atom. The second kappa shape index (κ2) is 7.92. The zero-order chi connectivity index (χ0) is 21.4. The third kappa shape index (κ3) is 3.57. The maximum atomic E-state index is 12.5. The number of imidazole rings is 1. The van der Waals surface area contributed by atoms with Gasteiger partial charge < -0.3 is 9.72 Å². The third-order valence-electron chi connectivity index (χ3n) is 5.16. The summed E-state index contributed by atoms with van der Waals surface area (Å²) in [6.45, 7) is 2.02. The number of nitrogens with one attached hydrogen (secondary N) is 1. The molecular formula is C24H20N4O2S. The molecule has 0 bridgehead atoms. The summed E-state index contributed by atoms with van der Waals surface area (Å²) in [6, 6.07) is 23.3. The van der Waals surface area contributed by atoms with Crippen molar-refractivity contribution in [3.8, 4) is 11.4 Å². The Kier molecular flexibility index (Phi) is 4.95. The number of hydrogen-bond donors (Lipinski definition) is 1. The average molecular weight is 429 g/mol. The van der Waals surface area contributed by atoms with Gasteiger partial charge in [0.25, 0.3) is 5.56 Å². The topological polar surface area (TPSA) is 72.8 Å². The third-order valence-corrected chi connectivity index (χ3v) is 6.22. The summed E-state index contributed by atoms with van der Waals surface area (Å²) in [6.07, 6.45) is 0. The minimum atomic E-state index is -0.128. The average Bonchev–Trinajstić information content (AvgIpc) is 3.17. The molecule has 0 aliphatic rings. The van der Waals surface area contributed by atoms with Crippen LogP contribution in [-0.4, -0.2) is 26.6 Å². The highest BCUT2D eigenvalue weighted by molar-refractivity contribution is 7.99. The molecule has 2 heterocycles. The first-order valence-corrected chi connectivity index (χ1v) is 10.8. The van der Waals surface area contributed by atoms with Crippen LogP contribution in [0.3, 0.4) is 0 Å². The highest BCUT2D eigenvalue weighted by Gasteiger charge is 2.19. The second-order valence-corrected chi connectivity index (χ2v) is 8.45. The number of benzene rings is 3. The van der Waals surface area contributed by atoms with E-state index in [1.807, 2.05) is 67.6 Å². The fraction of sp³-hybridized carbons (Fsp3) is 0.125. The summed E-state index contributed by atoms with van der Waals surface area (Å²) >= 11 is 1.56. The number of ether oxygens (including phenoxy) is 1.